The summed E-state index contributed by atoms with van der Waals surface area (Å²) >= 11 is 0. The fraction of sp³-hybridized carbons (Fsp3) is 0.440. The molecule has 2 fully saturated rings. The van der Waals surface area contributed by atoms with Gasteiger partial charge in [0.15, 0.2) is 5.58 Å². The molecular formula is C25H30N4O5S. The maximum absolute atomic E-state index is 12.8. The first-order valence-corrected chi connectivity index (χ1v) is 13.5. The number of benzene rings is 2. The summed E-state index contributed by atoms with van der Waals surface area (Å²) in [5, 5.41) is 3.04. The summed E-state index contributed by atoms with van der Waals surface area (Å²) in [6, 6.07) is 14.8. The number of nitrogens with one attached hydrogen (secondary N) is 1. The van der Waals surface area contributed by atoms with Crippen LogP contribution in [-0.4, -0.2) is 60.3 Å². The minimum atomic E-state index is -3.62. The first kappa shape index (κ1) is 23.8. The van der Waals surface area contributed by atoms with Crippen molar-refractivity contribution in [3.05, 3.63) is 64.6 Å². The average molecular weight is 499 g/mol. The summed E-state index contributed by atoms with van der Waals surface area (Å²) in [7, 11) is -3.62. The van der Waals surface area contributed by atoms with E-state index in [0.29, 0.717) is 18.6 Å². The normalized spacial score (nSPS) is 18.3. The summed E-state index contributed by atoms with van der Waals surface area (Å²) in [5.74, 6) is -0.936. The van der Waals surface area contributed by atoms with E-state index in [1.165, 1.54) is 26.6 Å². The van der Waals surface area contributed by atoms with E-state index < -0.39 is 15.8 Å². The lowest BCUT2D eigenvalue weighted by atomic mass is 10.0. The molecule has 0 atom stereocenters. The predicted octanol–water partition coefficient (Wildman–Crippen LogP) is 2.16. The van der Waals surface area contributed by atoms with Gasteiger partial charge in [-0.25, -0.2) is 13.2 Å². The average Bonchev–Trinajstić information content (AvgIpc) is 3.50. The molecule has 0 spiro atoms. The zero-order chi connectivity index (χ0) is 24.4. The summed E-state index contributed by atoms with van der Waals surface area (Å²) < 4.78 is 33.6. The van der Waals surface area contributed by atoms with Crippen LogP contribution in [-0.2, 0) is 27.9 Å². The van der Waals surface area contributed by atoms with Crippen LogP contribution >= 0.6 is 0 Å². The number of aromatic nitrogens is 1. The molecule has 0 aliphatic carbocycles. The van der Waals surface area contributed by atoms with E-state index in [0.717, 1.165) is 45.3 Å². The Bertz CT molecular complexity index is 1350. The van der Waals surface area contributed by atoms with Crippen molar-refractivity contribution in [3.8, 4) is 0 Å². The molecule has 1 aromatic heterocycles. The Hall–Kier alpha value is -2.95. The molecule has 0 unspecified atom stereocenters. The number of rotatable bonds is 7. The number of piperidine rings is 1. The van der Waals surface area contributed by atoms with Gasteiger partial charge in [0.2, 0.25) is 15.9 Å². The molecule has 0 saturated carbocycles. The summed E-state index contributed by atoms with van der Waals surface area (Å²) in [6.07, 6.45) is 3.37. The predicted molar refractivity (Wildman–Crippen MR) is 131 cm³/mol. The van der Waals surface area contributed by atoms with Gasteiger partial charge >= 0.3 is 5.76 Å². The van der Waals surface area contributed by atoms with Gasteiger partial charge in [0.1, 0.15) is 6.54 Å². The molecule has 35 heavy (non-hydrogen) atoms. The Kier molecular flexibility index (Phi) is 6.77. The van der Waals surface area contributed by atoms with Gasteiger partial charge in [-0.1, -0.05) is 30.3 Å². The number of likely N-dealkylation sites (tertiary alicyclic amines) is 1. The van der Waals surface area contributed by atoms with E-state index in [1.54, 1.807) is 6.07 Å². The van der Waals surface area contributed by atoms with Gasteiger partial charge in [0.05, 0.1) is 10.4 Å². The van der Waals surface area contributed by atoms with Gasteiger partial charge in [-0.2, -0.15) is 4.31 Å². The standard InChI is InChI=1S/C25H30N4O5S/c30-24(26-20-10-14-27(15-11-20)17-19-6-2-1-3-7-19)18-29-22-9-8-21(16-23(22)34-25(29)31)35(32,33)28-12-4-5-13-28/h1-3,6-9,16,20H,4-5,10-15,17-18H2,(H,26,30). The first-order chi connectivity index (χ1) is 16.9. The molecule has 1 N–H and O–H groups in total. The van der Waals surface area contributed by atoms with Crippen LogP contribution in [0, 0.1) is 0 Å². The number of fused-ring (bicyclic) bond motifs is 1. The zero-order valence-corrected chi connectivity index (χ0v) is 20.4. The first-order valence-electron chi connectivity index (χ1n) is 12.1. The number of carbonyl (C=O) groups excluding carboxylic acids is 1. The van der Waals surface area contributed by atoms with Gasteiger partial charge in [-0.3, -0.25) is 14.3 Å². The molecule has 10 heteroatoms. The molecule has 3 aromatic rings. The molecule has 2 aromatic carbocycles. The van der Waals surface area contributed by atoms with E-state index in [4.69, 9.17) is 4.42 Å². The SMILES string of the molecule is O=C(Cn1c(=O)oc2cc(S(=O)(=O)N3CCCC3)ccc21)NC1CCN(Cc2ccccc2)CC1. The Morgan fingerprint density at radius 1 is 1.00 bits per heavy atom. The lowest BCUT2D eigenvalue weighted by Gasteiger charge is -2.32. The lowest BCUT2D eigenvalue weighted by Crippen LogP contribution is -2.45. The second-order valence-corrected chi connectivity index (χ2v) is 11.2. The van der Waals surface area contributed by atoms with Crippen molar-refractivity contribution < 1.29 is 17.6 Å². The van der Waals surface area contributed by atoms with Gasteiger partial charge in [0.25, 0.3) is 0 Å². The summed E-state index contributed by atoms with van der Waals surface area (Å²) in [6.45, 7) is 3.50. The number of amides is 1. The maximum Gasteiger partial charge on any atom is 0.420 e. The smallest absolute Gasteiger partial charge is 0.408 e. The molecule has 3 heterocycles. The highest BCUT2D eigenvalue weighted by atomic mass is 32.2. The van der Waals surface area contributed by atoms with E-state index in [9.17, 15) is 18.0 Å². The third-order valence-corrected chi connectivity index (χ3v) is 8.74. The Labute approximate surface area is 204 Å². The number of carbonyl (C=O) groups is 1. The monoisotopic (exact) mass is 498 g/mol. The van der Waals surface area contributed by atoms with Gasteiger partial charge in [-0.05, 0) is 43.4 Å². The molecule has 186 valence electrons. The second kappa shape index (κ2) is 9.96. The Morgan fingerprint density at radius 3 is 2.43 bits per heavy atom. The fourth-order valence-corrected chi connectivity index (χ4v) is 6.46. The van der Waals surface area contributed by atoms with Crippen LogP contribution in [0.5, 0.6) is 0 Å². The minimum Gasteiger partial charge on any atom is -0.408 e. The Balaban J connectivity index is 1.21. The van der Waals surface area contributed by atoms with Crippen molar-refractivity contribution >= 4 is 27.0 Å². The highest BCUT2D eigenvalue weighted by Gasteiger charge is 2.28. The lowest BCUT2D eigenvalue weighted by molar-refractivity contribution is -0.122. The largest absolute Gasteiger partial charge is 0.420 e. The van der Waals surface area contributed by atoms with Crippen LogP contribution in [0.1, 0.15) is 31.2 Å². The molecular weight excluding hydrogens is 468 g/mol. The van der Waals surface area contributed by atoms with E-state index >= 15 is 0 Å². The van der Waals surface area contributed by atoms with Crippen LogP contribution in [0.3, 0.4) is 0 Å². The molecule has 2 aliphatic heterocycles. The topological polar surface area (TPSA) is 105 Å². The maximum atomic E-state index is 12.8. The van der Waals surface area contributed by atoms with Crippen molar-refractivity contribution in [2.24, 2.45) is 0 Å². The van der Waals surface area contributed by atoms with Crippen molar-refractivity contribution in [2.45, 2.75) is 49.7 Å². The Morgan fingerprint density at radius 2 is 1.71 bits per heavy atom. The number of hydrogen-bond donors (Lipinski definition) is 1. The molecule has 9 nitrogen and oxygen atoms in total. The molecule has 0 radical (unpaired) electrons. The summed E-state index contributed by atoms with van der Waals surface area (Å²) in [5.41, 5.74) is 1.85. The molecule has 2 saturated heterocycles. The van der Waals surface area contributed by atoms with E-state index in [1.807, 2.05) is 18.2 Å². The highest BCUT2D eigenvalue weighted by Crippen LogP contribution is 2.24. The third kappa shape index (κ3) is 5.19. The minimum absolute atomic E-state index is 0.0561. The van der Waals surface area contributed by atoms with Gasteiger partial charge in [0, 0.05) is 44.8 Å². The van der Waals surface area contributed by atoms with Gasteiger partial charge < -0.3 is 9.73 Å². The van der Waals surface area contributed by atoms with Crippen molar-refractivity contribution in [1.29, 1.82) is 0 Å². The van der Waals surface area contributed by atoms with Crippen LogP contribution in [0.15, 0.2) is 62.6 Å². The van der Waals surface area contributed by atoms with Crippen LogP contribution in [0.25, 0.3) is 11.1 Å². The number of sulfonamides is 1. The van der Waals surface area contributed by atoms with Gasteiger partial charge in [-0.15, -0.1) is 0 Å². The highest BCUT2D eigenvalue weighted by molar-refractivity contribution is 7.89. The third-order valence-electron chi connectivity index (χ3n) is 6.85. The quantitative estimate of drug-likeness (QED) is 0.535. The number of oxazole rings is 1. The molecule has 5 rings (SSSR count). The van der Waals surface area contributed by atoms with Crippen molar-refractivity contribution in [3.63, 3.8) is 0 Å². The fourth-order valence-electron chi connectivity index (χ4n) is 4.93. The van der Waals surface area contributed by atoms with Crippen molar-refractivity contribution in [1.82, 2.24) is 19.1 Å². The zero-order valence-electron chi connectivity index (χ0n) is 19.6. The van der Waals surface area contributed by atoms with Crippen molar-refractivity contribution in [2.75, 3.05) is 26.2 Å². The molecule has 0 bridgehead atoms. The molecule has 2 aliphatic rings. The van der Waals surface area contributed by atoms with Crippen LogP contribution in [0.2, 0.25) is 0 Å². The number of hydrogen-bond acceptors (Lipinski definition) is 6. The van der Waals surface area contributed by atoms with E-state index in [2.05, 4.69) is 22.3 Å². The van der Waals surface area contributed by atoms with E-state index in [-0.39, 0.29) is 29.0 Å². The molecule has 1 amide bonds. The summed E-state index contributed by atoms with van der Waals surface area (Å²) in [4.78, 5) is 27.6. The van der Waals surface area contributed by atoms with Crippen LogP contribution < -0.4 is 11.1 Å². The van der Waals surface area contributed by atoms with Crippen LogP contribution in [0.4, 0.5) is 0 Å². The second-order valence-electron chi connectivity index (χ2n) is 9.30. The number of nitrogens with zero attached hydrogens (tertiary/aromatic N) is 3.